The highest BCUT2D eigenvalue weighted by atomic mass is 14.8. The number of benzene rings is 2. The Hall–Kier alpha value is -2.54. The van der Waals surface area contributed by atoms with Crippen LogP contribution in [0.2, 0.25) is 0 Å². The van der Waals surface area contributed by atoms with E-state index in [4.69, 9.17) is 0 Å². The Morgan fingerprint density at radius 2 is 1.90 bits per heavy atom. The average Bonchev–Trinajstić information content (AvgIpc) is 3.30. The second-order valence-electron chi connectivity index (χ2n) is 11.2. The highest BCUT2D eigenvalue weighted by molar-refractivity contribution is 6.01. The van der Waals surface area contributed by atoms with Crippen molar-refractivity contribution in [1.29, 1.82) is 0 Å². The highest BCUT2D eigenvalue weighted by Gasteiger charge is 2.37. The van der Waals surface area contributed by atoms with E-state index in [0.717, 1.165) is 17.1 Å². The third-order valence-electron chi connectivity index (χ3n) is 7.98. The molecule has 31 heavy (non-hydrogen) atoms. The van der Waals surface area contributed by atoms with Crippen molar-refractivity contribution in [2.24, 2.45) is 11.3 Å². The number of nitrogens with one attached hydrogen (secondary N) is 1. The van der Waals surface area contributed by atoms with Crippen LogP contribution >= 0.6 is 0 Å². The Bertz CT molecular complexity index is 1200. The molecule has 1 aromatic heterocycles. The summed E-state index contributed by atoms with van der Waals surface area (Å²) in [6.07, 6.45) is 8.54. The number of fused-ring (bicyclic) bond motifs is 4. The van der Waals surface area contributed by atoms with Crippen LogP contribution in [0.5, 0.6) is 0 Å². The Balaban J connectivity index is 1.50. The fourth-order valence-electron chi connectivity index (χ4n) is 6.13. The first-order chi connectivity index (χ1) is 14.7. The van der Waals surface area contributed by atoms with E-state index in [9.17, 15) is 0 Å². The van der Waals surface area contributed by atoms with Crippen molar-refractivity contribution < 1.29 is 0 Å². The predicted octanol–water partition coefficient (Wildman–Crippen LogP) is 8.27. The van der Waals surface area contributed by atoms with Gasteiger partial charge < -0.3 is 4.98 Å². The number of aromatic amines is 1. The van der Waals surface area contributed by atoms with E-state index in [2.05, 4.69) is 82.2 Å². The molecular weight excluding hydrogens is 374 g/mol. The van der Waals surface area contributed by atoms with Gasteiger partial charge in [-0.15, -0.1) is 0 Å². The van der Waals surface area contributed by atoms with E-state index in [1.54, 1.807) is 0 Å². The molecule has 0 amide bonds. The number of rotatable bonds is 4. The van der Waals surface area contributed by atoms with Crippen molar-refractivity contribution in [2.75, 3.05) is 0 Å². The molecule has 1 saturated carbocycles. The lowest BCUT2D eigenvalue weighted by Crippen LogP contribution is -2.26. The van der Waals surface area contributed by atoms with Crippen molar-refractivity contribution in [3.63, 3.8) is 0 Å². The molecule has 1 nitrogen and oxygen atoms in total. The molecule has 1 atom stereocenters. The summed E-state index contributed by atoms with van der Waals surface area (Å²) in [4.78, 5) is 3.73. The van der Waals surface area contributed by atoms with Gasteiger partial charge in [-0.1, -0.05) is 77.3 Å². The zero-order valence-electron chi connectivity index (χ0n) is 19.6. The normalized spacial score (nSPS) is 21.2. The van der Waals surface area contributed by atoms with Gasteiger partial charge in [0.2, 0.25) is 0 Å². The van der Waals surface area contributed by atoms with Gasteiger partial charge in [0.15, 0.2) is 0 Å². The molecule has 1 N–H and O–H groups in total. The van der Waals surface area contributed by atoms with Crippen LogP contribution in [-0.2, 0) is 11.8 Å². The molecule has 0 bridgehead atoms. The zero-order chi connectivity index (χ0) is 22.0. The minimum atomic E-state index is -0.0762. The van der Waals surface area contributed by atoms with Crippen LogP contribution < -0.4 is 0 Å². The van der Waals surface area contributed by atoms with Crippen LogP contribution in [0.3, 0.4) is 0 Å². The standard InChI is InChI=1S/C30H35N/c1-7-20-10-12-23-26(17-20)31-28-27(23)19(2)24-16-21(11-13-25(24)30(28,5)6)8-9-22-14-15-29(3,4)18-22/h7,10-13,16-17,22,31H,1-2,8-9,14-15,18H2,3-6H3. The lowest BCUT2D eigenvalue weighted by Gasteiger charge is -2.34. The van der Waals surface area contributed by atoms with Gasteiger partial charge in [0.05, 0.1) is 0 Å². The number of aryl methyl sites for hydroxylation is 1. The van der Waals surface area contributed by atoms with E-state index < -0.39 is 0 Å². The summed E-state index contributed by atoms with van der Waals surface area (Å²) in [7, 11) is 0. The van der Waals surface area contributed by atoms with E-state index >= 15 is 0 Å². The molecule has 0 aliphatic heterocycles. The van der Waals surface area contributed by atoms with Crippen molar-refractivity contribution in [1.82, 2.24) is 4.98 Å². The molecule has 0 spiro atoms. The summed E-state index contributed by atoms with van der Waals surface area (Å²) in [6, 6.07) is 13.7. The quantitative estimate of drug-likeness (QED) is 0.446. The first-order valence-electron chi connectivity index (χ1n) is 11.8. The zero-order valence-corrected chi connectivity index (χ0v) is 19.6. The summed E-state index contributed by atoms with van der Waals surface area (Å²) in [5.74, 6) is 0.880. The Morgan fingerprint density at radius 1 is 1.10 bits per heavy atom. The second kappa shape index (κ2) is 6.99. The number of hydrogen-bond donors (Lipinski definition) is 1. The third kappa shape index (κ3) is 3.30. The predicted molar refractivity (Wildman–Crippen MR) is 135 cm³/mol. The summed E-state index contributed by atoms with van der Waals surface area (Å²) >= 11 is 0. The van der Waals surface area contributed by atoms with Crippen molar-refractivity contribution >= 4 is 22.6 Å². The maximum atomic E-state index is 4.58. The average molecular weight is 410 g/mol. The number of hydrogen-bond acceptors (Lipinski definition) is 0. The maximum Gasteiger partial charge on any atom is 0.0468 e. The van der Waals surface area contributed by atoms with Gasteiger partial charge in [-0.25, -0.2) is 0 Å². The van der Waals surface area contributed by atoms with E-state index in [0.29, 0.717) is 5.41 Å². The van der Waals surface area contributed by atoms with Crippen LogP contribution in [0.15, 0.2) is 49.6 Å². The minimum absolute atomic E-state index is 0.0762. The van der Waals surface area contributed by atoms with Gasteiger partial charge in [-0.05, 0) is 77.3 Å². The van der Waals surface area contributed by atoms with E-state index in [1.807, 2.05) is 6.08 Å². The molecule has 160 valence electrons. The first-order valence-corrected chi connectivity index (χ1v) is 11.8. The van der Waals surface area contributed by atoms with Crippen molar-refractivity contribution in [3.8, 4) is 0 Å². The summed E-state index contributed by atoms with van der Waals surface area (Å²) < 4.78 is 0. The van der Waals surface area contributed by atoms with E-state index in [-0.39, 0.29) is 5.41 Å². The van der Waals surface area contributed by atoms with Gasteiger partial charge in [0, 0.05) is 27.6 Å². The molecule has 1 heterocycles. The minimum Gasteiger partial charge on any atom is -0.357 e. The SMILES string of the molecule is C=Cc1ccc2c3c([nH]c2c1)C(C)(C)c1ccc(CCC2CCC(C)(C)C2)cc1C3=C. The van der Waals surface area contributed by atoms with Crippen molar-refractivity contribution in [3.05, 3.63) is 83.1 Å². The Kier molecular flexibility index (Phi) is 4.59. The van der Waals surface area contributed by atoms with E-state index in [1.165, 1.54) is 71.0 Å². The molecule has 0 saturated heterocycles. The fourth-order valence-corrected chi connectivity index (χ4v) is 6.13. The molecule has 2 aliphatic rings. The molecule has 2 aromatic carbocycles. The highest BCUT2D eigenvalue weighted by Crippen LogP contribution is 2.49. The number of H-pyrrole nitrogens is 1. The van der Waals surface area contributed by atoms with Gasteiger partial charge in [0.25, 0.3) is 0 Å². The fraction of sp³-hybridized carbons (Fsp3) is 0.400. The molecule has 1 fully saturated rings. The molecule has 1 unspecified atom stereocenters. The topological polar surface area (TPSA) is 15.8 Å². The van der Waals surface area contributed by atoms with Crippen LogP contribution in [0.1, 0.15) is 86.9 Å². The Morgan fingerprint density at radius 3 is 2.61 bits per heavy atom. The largest absolute Gasteiger partial charge is 0.357 e. The van der Waals surface area contributed by atoms with Crippen LogP contribution in [0.4, 0.5) is 0 Å². The van der Waals surface area contributed by atoms with Crippen LogP contribution in [0, 0.1) is 11.3 Å². The summed E-state index contributed by atoms with van der Waals surface area (Å²) in [5, 5.41) is 1.27. The van der Waals surface area contributed by atoms with Gasteiger partial charge in [-0.3, -0.25) is 0 Å². The summed E-state index contributed by atoms with van der Waals surface area (Å²) in [5.41, 5.74) is 10.7. The third-order valence-corrected chi connectivity index (χ3v) is 7.98. The summed E-state index contributed by atoms with van der Waals surface area (Å²) in [6.45, 7) is 18.0. The second-order valence-corrected chi connectivity index (χ2v) is 11.2. The van der Waals surface area contributed by atoms with Crippen molar-refractivity contribution in [2.45, 2.75) is 65.2 Å². The van der Waals surface area contributed by atoms with Crippen LogP contribution in [0.25, 0.3) is 22.6 Å². The molecule has 1 heteroatoms. The van der Waals surface area contributed by atoms with Gasteiger partial charge in [-0.2, -0.15) is 0 Å². The van der Waals surface area contributed by atoms with Gasteiger partial charge in [0.1, 0.15) is 0 Å². The molecule has 3 aromatic rings. The monoisotopic (exact) mass is 409 g/mol. The lowest BCUT2D eigenvalue weighted by atomic mass is 9.70. The lowest BCUT2D eigenvalue weighted by molar-refractivity contribution is 0.354. The smallest absolute Gasteiger partial charge is 0.0468 e. The number of aromatic nitrogens is 1. The first kappa shape index (κ1) is 20.4. The Labute approximate surface area is 187 Å². The molecular formula is C30H35N. The maximum absolute atomic E-state index is 4.58. The molecule has 0 radical (unpaired) electrons. The van der Waals surface area contributed by atoms with Gasteiger partial charge >= 0.3 is 0 Å². The van der Waals surface area contributed by atoms with Crippen LogP contribution in [-0.4, -0.2) is 4.98 Å². The molecule has 2 aliphatic carbocycles. The molecule has 5 rings (SSSR count).